The first-order chi connectivity index (χ1) is 9.25. The van der Waals surface area contributed by atoms with Crippen LogP contribution in [-0.4, -0.2) is 22.2 Å². The molecule has 0 radical (unpaired) electrons. The summed E-state index contributed by atoms with van der Waals surface area (Å²) in [7, 11) is -1.50. The zero-order valence-electron chi connectivity index (χ0n) is 10.2. The highest BCUT2D eigenvalue weighted by Gasteiger charge is 2.12. The van der Waals surface area contributed by atoms with Crippen molar-refractivity contribution < 1.29 is 10.0 Å². The van der Waals surface area contributed by atoms with E-state index in [2.05, 4.69) is 17.1 Å². The SMILES string of the molecule is OB(O)c1cncc(-c2cccc3ccccc23)c1. The molecule has 3 aromatic rings. The number of nitrogens with zero attached hydrogens (tertiary/aromatic N) is 1. The summed E-state index contributed by atoms with van der Waals surface area (Å²) in [4.78, 5) is 4.07. The largest absolute Gasteiger partial charge is 0.490 e. The molecular formula is C15H12BNO2. The van der Waals surface area contributed by atoms with Crippen molar-refractivity contribution in [2.24, 2.45) is 0 Å². The molecule has 3 nitrogen and oxygen atoms in total. The third-order valence-corrected chi connectivity index (χ3v) is 3.16. The molecule has 92 valence electrons. The van der Waals surface area contributed by atoms with Crippen molar-refractivity contribution in [3.05, 3.63) is 60.9 Å². The van der Waals surface area contributed by atoms with Crippen molar-refractivity contribution in [1.82, 2.24) is 4.98 Å². The van der Waals surface area contributed by atoms with Crippen LogP contribution in [0.4, 0.5) is 0 Å². The third-order valence-electron chi connectivity index (χ3n) is 3.16. The molecule has 0 fully saturated rings. The molecule has 0 atom stereocenters. The van der Waals surface area contributed by atoms with Crippen LogP contribution in [0.2, 0.25) is 0 Å². The van der Waals surface area contributed by atoms with Gasteiger partial charge >= 0.3 is 7.12 Å². The maximum Gasteiger partial charge on any atom is 0.490 e. The predicted octanol–water partition coefficient (Wildman–Crippen LogP) is 1.58. The number of hydrogen-bond acceptors (Lipinski definition) is 3. The summed E-state index contributed by atoms with van der Waals surface area (Å²) in [6.45, 7) is 0. The number of aromatic nitrogens is 1. The fourth-order valence-electron chi connectivity index (χ4n) is 2.22. The van der Waals surface area contributed by atoms with Crippen LogP contribution in [0.3, 0.4) is 0 Å². The minimum absolute atomic E-state index is 0.394. The van der Waals surface area contributed by atoms with Crippen LogP contribution in [0.1, 0.15) is 0 Å². The molecule has 0 bridgehead atoms. The van der Waals surface area contributed by atoms with Gasteiger partial charge in [0.15, 0.2) is 0 Å². The van der Waals surface area contributed by atoms with Crippen molar-refractivity contribution in [1.29, 1.82) is 0 Å². The first-order valence-corrected chi connectivity index (χ1v) is 6.05. The van der Waals surface area contributed by atoms with Gasteiger partial charge in [0, 0.05) is 23.4 Å². The number of benzene rings is 2. The van der Waals surface area contributed by atoms with Gasteiger partial charge in [0.2, 0.25) is 0 Å². The first kappa shape index (κ1) is 11.9. The Labute approximate surface area is 111 Å². The summed E-state index contributed by atoms with van der Waals surface area (Å²) in [5, 5.41) is 20.7. The van der Waals surface area contributed by atoms with E-state index in [1.165, 1.54) is 6.20 Å². The average molecular weight is 249 g/mol. The van der Waals surface area contributed by atoms with E-state index >= 15 is 0 Å². The quantitative estimate of drug-likeness (QED) is 0.678. The highest BCUT2D eigenvalue weighted by molar-refractivity contribution is 6.58. The molecule has 4 heteroatoms. The van der Waals surface area contributed by atoms with Gasteiger partial charge in [-0.25, -0.2) is 0 Å². The predicted molar refractivity (Wildman–Crippen MR) is 77.0 cm³/mol. The smallest absolute Gasteiger partial charge is 0.423 e. The molecule has 3 rings (SSSR count). The summed E-state index contributed by atoms with van der Waals surface area (Å²) in [5.74, 6) is 0. The molecule has 0 saturated carbocycles. The zero-order chi connectivity index (χ0) is 13.2. The Hall–Kier alpha value is -2.17. The Kier molecular flexibility index (Phi) is 3.03. The maximum atomic E-state index is 9.22. The molecule has 2 N–H and O–H groups in total. The van der Waals surface area contributed by atoms with Crippen molar-refractivity contribution in [3.8, 4) is 11.1 Å². The number of hydrogen-bond donors (Lipinski definition) is 2. The molecule has 1 heterocycles. The van der Waals surface area contributed by atoms with E-state index in [1.54, 1.807) is 12.3 Å². The number of fused-ring (bicyclic) bond motifs is 1. The van der Waals surface area contributed by atoms with E-state index in [0.717, 1.165) is 21.9 Å². The van der Waals surface area contributed by atoms with E-state index in [1.807, 2.05) is 30.3 Å². The minimum Gasteiger partial charge on any atom is -0.423 e. The van der Waals surface area contributed by atoms with E-state index in [-0.39, 0.29) is 0 Å². The Morgan fingerprint density at radius 3 is 2.53 bits per heavy atom. The Morgan fingerprint density at radius 2 is 1.68 bits per heavy atom. The van der Waals surface area contributed by atoms with Gasteiger partial charge in [-0.1, -0.05) is 48.5 Å². The van der Waals surface area contributed by atoms with E-state index in [0.29, 0.717) is 5.46 Å². The standard InChI is InChI=1S/C15H12BNO2/c18-16(19)13-8-12(9-17-10-13)15-7-3-5-11-4-1-2-6-14(11)15/h1-10,18-19H. The summed E-state index contributed by atoms with van der Waals surface area (Å²) < 4.78 is 0. The van der Waals surface area contributed by atoms with Crippen LogP contribution in [-0.2, 0) is 0 Å². The van der Waals surface area contributed by atoms with Crippen LogP contribution in [0.15, 0.2) is 60.9 Å². The zero-order valence-corrected chi connectivity index (χ0v) is 10.2. The second kappa shape index (κ2) is 4.84. The molecule has 2 aromatic carbocycles. The molecule has 19 heavy (non-hydrogen) atoms. The second-order valence-electron chi connectivity index (χ2n) is 4.41. The normalized spacial score (nSPS) is 10.6. The molecule has 0 spiro atoms. The lowest BCUT2D eigenvalue weighted by Gasteiger charge is -2.08. The van der Waals surface area contributed by atoms with E-state index < -0.39 is 7.12 Å². The van der Waals surface area contributed by atoms with E-state index in [9.17, 15) is 10.0 Å². The van der Waals surface area contributed by atoms with Crippen LogP contribution < -0.4 is 5.46 Å². The van der Waals surface area contributed by atoms with Crippen LogP contribution in [0.25, 0.3) is 21.9 Å². The second-order valence-corrected chi connectivity index (χ2v) is 4.41. The van der Waals surface area contributed by atoms with Crippen LogP contribution in [0, 0.1) is 0 Å². The van der Waals surface area contributed by atoms with E-state index in [4.69, 9.17) is 0 Å². The molecule has 1 aromatic heterocycles. The highest BCUT2D eigenvalue weighted by atomic mass is 16.4. The van der Waals surface area contributed by atoms with Crippen LogP contribution >= 0.6 is 0 Å². The molecule has 0 amide bonds. The van der Waals surface area contributed by atoms with Crippen molar-refractivity contribution in [3.63, 3.8) is 0 Å². The maximum absolute atomic E-state index is 9.22. The topological polar surface area (TPSA) is 53.4 Å². The Balaban J connectivity index is 2.22. The summed E-state index contributed by atoms with van der Waals surface area (Å²) in [6.07, 6.45) is 3.19. The minimum atomic E-state index is -1.50. The molecular weight excluding hydrogens is 237 g/mol. The van der Waals surface area contributed by atoms with Gasteiger partial charge < -0.3 is 10.0 Å². The molecule has 0 saturated heterocycles. The lowest BCUT2D eigenvalue weighted by atomic mass is 9.80. The first-order valence-electron chi connectivity index (χ1n) is 6.05. The summed E-state index contributed by atoms with van der Waals surface area (Å²) in [5.41, 5.74) is 2.31. The fourth-order valence-corrected chi connectivity index (χ4v) is 2.22. The van der Waals surface area contributed by atoms with Gasteiger partial charge in [-0.3, -0.25) is 4.98 Å². The van der Waals surface area contributed by atoms with Crippen molar-refractivity contribution >= 4 is 23.4 Å². The van der Waals surface area contributed by atoms with Gasteiger partial charge in [-0.2, -0.15) is 0 Å². The van der Waals surface area contributed by atoms with Crippen molar-refractivity contribution in [2.75, 3.05) is 0 Å². The molecule has 0 aliphatic heterocycles. The Morgan fingerprint density at radius 1 is 0.895 bits per heavy atom. The van der Waals surface area contributed by atoms with Gasteiger partial charge in [0.1, 0.15) is 0 Å². The summed E-state index contributed by atoms with van der Waals surface area (Å²) in [6, 6.07) is 15.9. The van der Waals surface area contributed by atoms with Gasteiger partial charge in [0.05, 0.1) is 0 Å². The summed E-state index contributed by atoms with van der Waals surface area (Å²) >= 11 is 0. The number of rotatable bonds is 2. The lowest BCUT2D eigenvalue weighted by molar-refractivity contribution is 0.425. The van der Waals surface area contributed by atoms with Crippen molar-refractivity contribution in [2.45, 2.75) is 0 Å². The molecule has 0 unspecified atom stereocenters. The molecule has 0 aliphatic rings. The number of pyridine rings is 1. The Bertz CT molecular complexity index is 723. The lowest BCUT2D eigenvalue weighted by Crippen LogP contribution is -2.30. The highest BCUT2D eigenvalue weighted by Crippen LogP contribution is 2.27. The fraction of sp³-hybridized carbons (Fsp3) is 0. The average Bonchev–Trinajstić information content (AvgIpc) is 2.47. The monoisotopic (exact) mass is 249 g/mol. The van der Waals surface area contributed by atoms with Gasteiger partial charge in [0.25, 0.3) is 0 Å². The third kappa shape index (κ3) is 2.23. The van der Waals surface area contributed by atoms with Gasteiger partial charge in [-0.15, -0.1) is 0 Å². The van der Waals surface area contributed by atoms with Crippen LogP contribution in [0.5, 0.6) is 0 Å². The molecule has 0 aliphatic carbocycles. The van der Waals surface area contributed by atoms with Gasteiger partial charge in [-0.05, 0) is 16.3 Å².